The topological polar surface area (TPSA) is 73.1 Å². The lowest BCUT2D eigenvalue weighted by Crippen LogP contribution is -2.51. The first-order chi connectivity index (χ1) is 13.6. The molecule has 144 valence electrons. The van der Waals surface area contributed by atoms with Crippen LogP contribution in [0.25, 0.3) is 11.3 Å². The van der Waals surface area contributed by atoms with Gasteiger partial charge in [-0.3, -0.25) is 4.79 Å². The van der Waals surface area contributed by atoms with Crippen molar-refractivity contribution < 1.29 is 9.13 Å². The molecule has 3 aromatic rings. The third-order valence-corrected chi connectivity index (χ3v) is 4.89. The zero-order valence-electron chi connectivity index (χ0n) is 15.7. The van der Waals surface area contributed by atoms with E-state index in [2.05, 4.69) is 15.1 Å². The van der Waals surface area contributed by atoms with E-state index in [0.29, 0.717) is 36.6 Å². The van der Waals surface area contributed by atoms with Crippen LogP contribution in [0, 0.1) is 5.82 Å². The molecule has 4 rings (SSSR count). The number of methoxy groups -OCH3 is 1. The zero-order valence-corrected chi connectivity index (χ0v) is 15.7. The van der Waals surface area contributed by atoms with Crippen LogP contribution in [0.3, 0.4) is 0 Å². The number of aromatic nitrogens is 4. The Balaban J connectivity index is 1.59. The number of hydrogen-bond donors (Lipinski definition) is 0. The highest BCUT2D eigenvalue weighted by Gasteiger charge is 2.33. The molecule has 28 heavy (non-hydrogen) atoms. The number of ether oxygens (including phenoxy) is 1. The smallest absolute Gasteiger partial charge is 0.267 e. The van der Waals surface area contributed by atoms with Gasteiger partial charge in [-0.05, 0) is 24.6 Å². The number of rotatable bonds is 5. The van der Waals surface area contributed by atoms with Gasteiger partial charge in [-0.15, -0.1) is 0 Å². The standard InChI is InChI=1S/C20H20FN5O2/c1-3-15-19(21)20(23-12-22-15)25-10-13(11-25)26-18(27)9-8-16(24-26)14-6-4-5-7-17(14)28-2/h4-9,12-13H,3,10-11H2,1-2H3. The van der Waals surface area contributed by atoms with Crippen molar-refractivity contribution in [3.8, 4) is 17.0 Å². The van der Waals surface area contributed by atoms with Gasteiger partial charge in [0.15, 0.2) is 11.6 Å². The van der Waals surface area contributed by atoms with Crippen molar-refractivity contribution >= 4 is 5.82 Å². The van der Waals surface area contributed by atoms with E-state index in [1.54, 1.807) is 18.1 Å². The molecule has 1 aromatic carbocycles. The summed E-state index contributed by atoms with van der Waals surface area (Å²) in [6.45, 7) is 2.76. The minimum Gasteiger partial charge on any atom is -0.496 e. The van der Waals surface area contributed by atoms with E-state index in [9.17, 15) is 9.18 Å². The molecular formula is C20H20FN5O2. The molecule has 0 radical (unpaired) electrons. The maximum absolute atomic E-state index is 14.5. The maximum Gasteiger partial charge on any atom is 0.267 e. The third-order valence-electron chi connectivity index (χ3n) is 4.89. The molecule has 0 spiro atoms. The molecular weight excluding hydrogens is 361 g/mol. The number of aryl methyl sites for hydroxylation is 1. The van der Waals surface area contributed by atoms with Gasteiger partial charge in [0.25, 0.3) is 5.56 Å². The number of anilines is 1. The molecule has 2 aromatic heterocycles. The van der Waals surface area contributed by atoms with Crippen molar-refractivity contribution in [2.45, 2.75) is 19.4 Å². The fourth-order valence-electron chi connectivity index (χ4n) is 3.33. The first-order valence-corrected chi connectivity index (χ1v) is 9.10. The van der Waals surface area contributed by atoms with Crippen LogP contribution < -0.4 is 15.2 Å². The predicted octanol–water partition coefficient (Wildman–Crippen LogP) is 2.47. The van der Waals surface area contributed by atoms with Crippen molar-refractivity contribution in [2.75, 3.05) is 25.1 Å². The largest absolute Gasteiger partial charge is 0.496 e. The number of halogens is 1. The number of para-hydroxylation sites is 1. The van der Waals surface area contributed by atoms with Crippen LogP contribution in [-0.2, 0) is 6.42 Å². The van der Waals surface area contributed by atoms with Gasteiger partial charge in [0, 0.05) is 24.7 Å². The lowest BCUT2D eigenvalue weighted by Gasteiger charge is -2.40. The quantitative estimate of drug-likeness (QED) is 0.676. The fourth-order valence-corrected chi connectivity index (χ4v) is 3.33. The number of nitrogens with zero attached hydrogens (tertiary/aromatic N) is 5. The van der Waals surface area contributed by atoms with Crippen molar-refractivity contribution in [1.82, 2.24) is 19.7 Å². The van der Waals surface area contributed by atoms with Crippen LogP contribution in [0.1, 0.15) is 18.7 Å². The van der Waals surface area contributed by atoms with Gasteiger partial charge in [-0.1, -0.05) is 19.1 Å². The Labute approximate surface area is 161 Å². The lowest BCUT2D eigenvalue weighted by atomic mass is 10.1. The minimum absolute atomic E-state index is 0.151. The first kappa shape index (κ1) is 18.1. The first-order valence-electron chi connectivity index (χ1n) is 9.10. The van der Waals surface area contributed by atoms with Gasteiger partial charge in [-0.25, -0.2) is 19.0 Å². The number of benzene rings is 1. The Morgan fingerprint density at radius 1 is 1.18 bits per heavy atom. The Morgan fingerprint density at radius 3 is 2.71 bits per heavy atom. The molecule has 3 heterocycles. The highest BCUT2D eigenvalue weighted by molar-refractivity contribution is 5.66. The Morgan fingerprint density at radius 2 is 1.96 bits per heavy atom. The summed E-state index contributed by atoms with van der Waals surface area (Å²) in [5.41, 5.74) is 1.66. The summed E-state index contributed by atoms with van der Waals surface area (Å²) in [6, 6.07) is 10.5. The SMILES string of the molecule is CCc1ncnc(N2CC(n3nc(-c4ccccc4OC)ccc3=O)C2)c1F. The highest BCUT2D eigenvalue weighted by Crippen LogP contribution is 2.30. The second kappa shape index (κ2) is 7.38. The van der Waals surface area contributed by atoms with Gasteiger partial charge in [0.1, 0.15) is 12.1 Å². The van der Waals surface area contributed by atoms with Crippen LogP contribution in [-0.4, -0.2) is 39.9 Å². The summed E-state index contributed by atoms with van der Waals surface area (Å²) in [5.74, 6) is 0.564. The van der Waals surface area contributed by atoms with Crippen molar-refractivity contribution in [2.24, 2.45) is 0 Å². The monoisotopic (exact) mass is 381 g/mol. The highest BCUT2D eigenvalue weighted by atomic mass is 19.1. The molecule has 1 aliphatic heterocycles. The van der Waals surface area contributed by atoms with E-state index in [4.69, 9.17) is 4.74 Å². The maximum atomic E-state index is 14.5. The molecule has 8 heteroatoms. The van der Waals surface area contributed by atoms with Crippen LogP contribution in [0.15, 0.2) is 47.5 Å². The minimum atomic E-state index is -0.397. The molecule has 0 unspecified atom stereocenters. The van der Waals surface area contributed by atoms with E-state index in [1.807, 2.05) is 31.2 Å². The van der Waals surface area contributed by atoms with Gasteiger partial charge >= 0.3 is 0 Å². The molecule has 0 amide bonds. The van der Waals surface area contributed by atoms with Crippen LogP contribution in [0.2, 0.25) is 0 Å². The summed E-state index contributed by atoms with van der Waals surface area (Å²) >= 11 is 0. The molecule has 0 saturated carbocycles. The zero-order chi connectivity index (χ0) is 19.7. The lowest BCUT2D eigenvalue weighted by molar-refractivity contribution is 0.348. The third kappa shape index (κ3) is 3.11. The second-order valence-electron chi connectivity index (χ2n) is 6.57. The molecule has 0 atom stereocenters. The average Bonchev–Trinajstić information content (AvgIpc) is 2.69. The Hall–Kier alpha value is -3.29. The summed E-state index contributed by atoms with van der Waals surface area (Å²) in [4.78, 5) is 22.2. The predicted molar refractivity (Wildman–Crippen MR) is 103 cm³/mol. The molecule has 0 bridgehead atoms. The van der Waals surface area contributed by atoms with Crippen molar-refractivity contribution in [3.63, 3.8) is 0 Å². The normalized spacial score (nSPS) is 14.0. The summed E-state index contributed by atoms with van der Waals surface area (Å²) in [7, 11) is 1.60. The Bertz CT molecular complexity index is 1060. The molecule has 7 nitrogen and oxygen atoms in total. The van der Waals surface area contributed by atoms with Crippen LogP contribution in [0.5, 0.6) is 5.75 Å². The summed E-state index contributed by atoms with van der Waals surface area (Å²) in [6.07, 6.45) is 1.87. The van der Waals surface area contributed by atoms with E-state index in [1.165, 1.54) is 17.1 Å². The van der Waals surface area contributed by atoms with Gasteiger partial charge < -0.3 is 9.64 Å². The molecule has 1 aliphatic rings. The van der Waals surface area contributed by atoms with Crippen molar-refractivity contribution in [3.05, 3.63) is 64.6 Å². The average molecular weight is 381 g/mol. The van der Waals surface area contributed by atoms with Gasteiger partial charge in [0.2, 0.25) is 0 Å². The van der Waals surface area contributed by atoms with Crippen molar-refractivity contribution in [1.29, 1.82) is 0 Å². The van der Waals surface area contributed by atoms with Gasteiger partial charge in [-0.2, -0.15) is 5.10 Å². The van der Waals surface area contributed by atoms with E-state index >= 15 is 0 Å². The molecule has 1 saturated heterocycles. The molecule has 1 fully saturated rings. The fraction of sp³-hybridized carbons (Fsp3) is 0.300. The number of hydrogen-bond acceptors (Lipinski definition) is 6. The summed E-state index contributed by atoms with van der Waals surface area (Å²) in [5, 5.41) is 4.53. The Kier molecular flexibility index (Phi) is 4.77. The molecule has 0 N–H and O–H groups in total. The van der Waals surface area contributed by atoms with Crippen LogP contribution >= 0.6 is 0 Å². The van der Waals surface area contributed by atoms with Crippen LogP contribution in [0.4, 0.5) is 10.2 Å². The van der Waals surface area contributed by atoms with E-state index in [0.717, 1.165) is 5.56 Å². The molecule has 0 aliphatic carbocycles. The summed E-state index contributed by atoms with van der Waals surface area (Å²) < 4.78 is 21.3. The van der Waals surface area contributed by atoms with E-state index < -0.39 is 5.82 Å². The van der Waals surface area contributed by atoms with Gasteiger partial charge in [0.05, 0.1) is 24.5 Å². The van der Waals surface area contributed by atoms with E-state index in [-0.39, 0.29) is 17.4 Å². The second-order valence-corrected chi connectivity index (χ2v) is 6.57.